The van der Waals surface area contributed by atoms with Crippen molar-refractivity contribution in [3.63, 3.8) is 0 Å². The van der Waals surface area contributed by atoms with Gasteiger partial charge in [0, 0.05) is 39.2 Å². The number of hydrogen-bond donors (Lipinski definition) is 2. The van der Waals surface area contributed by atoms with E-state index in [1.807, 2.05) is 12.3 Å². The van der Waals surface area contributed by atoms with Gasteiger partial charge in [0.25, 0.3) is 0 Å². The topological polar surface area (TPSA) is 61.3 Å². The van der Waals surface area contributed by atoms with E-state index in [0.717, 1.165) is 35.6 Å². The molecule has 160 valence electrons. The van der Waals surface area contributed by atoms with Crippen molar-refractivity contribution in [2.24, 2.45) is 0 Å². The zero-order valence-corrected chi connectivity index (χ0v) is 22.5. The summed E-state index contributed by atoms with van der Waals surface area (Å²) >= 11 is 9.94. The van der Waals surface area contributed by atoms with Crippen LogP contribution >= 0.6 is 56.8 Å². The monoisotopic (exact) mass is 634 g/mol. The summed E-state index contributed by atoms with van der Waals surface area (Å²) in [5.41, 5.74) is 0. The van der Waals surface area contributed by atoms with Crippen molar-refractivity contribution in [1.29, 1.82) is 0 Å². The lowest BCUT2D eigenvalue weighted by Gasteiger charge is -2.19. The Morgan fingerprint density at radius 3 is 1.61 bits per heavy atom. The quantitative estimate of drug-likeness (QED) is 0.337. The van der Waals surface area contributed by atoms with Gasteiger partial charge in [-0.05, 0) is 103 Å². The van der Waals surface area contributed by atoms with Crippen LogP contribution in [-0.2, 0) is 0 Å². The third kappa shape index (κ3) is 17.8. The van der Waals surface area contributed by atoms with E-state index in [0.29, 0.717) is 5.15 Å². The molecule has 0 amide bonds. The van der Waals surface area contributed by atoms with Crippen molar-refractivity contribution in [2.75, 3.05) is 37.7 Å². The Bertz CT molecular complexity index is 544. The molecule has 0 aromatic carbocycles. The van der Waals surface area contributed by atoms with E-state index in [9.17, 15) is 0 Å². The smallest absolute Gasteiger partial charge is 0.129 e. The number of hydrogen-bond acceptors (Lipinski definition) is 5. The van der Waals surface area contributed by atoms with Gasteiger partial charge in [0.05, 0.1) is 0 Å². The van der Waals surface area contributed by atoms with Gasteiger partial charge in [-0.3, -0.25) is 0 Å². The van der Waals surface area contributed by atoms with Crippen LogP contribution in [-0.4, -0.2) is 47.9 Å². The maximum absolute atomic E-state index is 7.57. The maximum atomic E-state index is 7.57. The lowest BCUT2D eigenvalue weighted by molar-refractivity contribution is 0.318. The first-order valence-corrected chi connectivity index (χ1v) is 11.9. The molecule has 0 aliphatic heterocycles. The van der Waals surface area contributed by atoms with Gasteiger partial charge in [-0.2, -0.15) is 0 Å². The van der Waals surface area contributed by atoms with E-state index in [4.69, 9.17) is 16.7 Å². The van der Waals surface area contributed by atoms with Gasteiger partial charge in [0.15, 0.2) is 0 Å². The number of nitrogens with one attached hydrogen (secondary N) is 1. The second kappa shape index (κ2) is 21.5. The van der Waals surface area contributed by atoms with Crippen molar-refractivity contribution in [1.82, 2.24) is 15.3 Å². The minimum absolute atomic E-state index is 0.250. The fraction of sp³-hybridized carbons (Fsp3) is 0.500. The number of aromatic nitrogens is 2. The van der Waals surface area contributed by atoms with E-state index >= 15 is 0 Å². The highest BCUT2D eigenvalue weighted by Crippen LogP contribution is 2.11. The molecular weight excluding hydrogens is 602 g/mol. The number of pyridine rings is 2. The molecule has 0 atom stereocenters. The molecule has 2 heterocycles. The van der Waals surface area contributed by atoms with Crippen LogP contribution in [0.3, 0.4) is 0 Å². The SMILES string of the molecule is CCN(CC)c1ccc(I)cn1.CCNCC.CCO.Clc1ccc(I)cn1. The lowest BCUT2D eigenvalue weighted by atomic mass is 10.4. The Morgan fingerprint density at radius 2 is 1.36 bits per heavy atom. The summed E-state index contributed by atoms with van der Waals surface area (Å²) in [6.07, 6.45) is 3.62. The molecule has 0 spiro atoms. The Morgan fingerprint density at radius 1 is 0.893 bits per heavy atom. The van der Waals surface area contributed by atoms with Crippen LogP contribution in [0.5, 0.6) is 0 Å². The molecule has 0 aliphatic carbocycles. The fourth-order valence-electron chi connectivity index (χ4n) is 1.71. The minimum Gasteiger partial charge on any atom is -0.397 e. The predicted octanol–water partition coefficient (Wildman–Crippen LogP) is 5.49. The molecule has 2 aromatic heterocycles. The highest BCUT2D eigenvalue weighted by molar-refractivity contribution is 14.1. The van der Waals surface area contributed by atoms with E-state index < -0.39 is 0 Å². The number of anilines is 1. The third-order valence-corrected chi connectivity index (χ3v) is 4.49. The summed E-state index contributed by atoms with van der Waals surface area (Å²) < 4.78 is 2.29. The van der Waals surface area contributed by atoms with Gasteiger partial charge in [0.1, 0.15) is 11.0 Å². The van der Waals surface area contributed by atoms with Crippen LogP contribution in [0.2, 0.25) is 5.15 Å². The Hall–Kier alpha value is -0.230. The van der Waals surface area contributed by atoms with Crippen LogP contribution in [0, 0.1) is 7.14 Å². The van der Waals surface area contributed by atoms with E-state index in [1.54, 1.807) is 19.2 Å². The molecule has 28 heavy (non-hydrogen) atoms. The standard InChI is InChI=1S/C9H13IN2.C5H3ClIN.C4H11N.C2H6O/c1-3-12(4-2)9-6-5-8(10)7-11-9;6-5-2-1-4(7)3-8-5;1-3-5-4-2;1-2-3/h5-7H,3-4H2,1-2H3;1-3H;5H,3-4H2,1-2H3;3H,2H2,1H3. The second-order valence-corrected chi connectivity index (χ2v) is 7.96. The molecule has 0 radical (unpaired) electrons. The molecule has 0 unspecified atom stereocenters. The fourth-order valence-corrected chi connectivity index (χ4v) is 2.46. The summed E-state index contributed by atoms with van der Waals surface area (Å²) in [6, 6.07) is 7.83. The molecule has 0 saturated carbocycles. The first kappa shape index (κ1) is 30.0. The number of halogens is 3. The van der Waals surface area contributed by atoms with Gasteiger partial charge in [0.2, 0.25) is 0 Å². The van der Waals surface area contributed by atoms with Gasteiger partial charge in [-0.15, -0.1) is 0 Å². The summed E-state index contributed by atoms with van der Waals surface area (Å²) in [4.78, 5) is 10.4. The average molecular weight is 635 g/mol. The Labute approximate surface area is 203 Å². The average Bonchev–Trinajstić information content (AvgIpc) is 2.69. The Balaban J connectivity index is 0. The second-order valence-electron chi connectivity index (χ2n) is 5.08. The van der Waals surface area contributed by atoms with Crippen molar-refractivity contribution in [2.45, 2.75) is 34.6 Å². The van der Waals surface area contributed by atoms with E-state index in [1.165, 1.54) is 3.57 Å². The molecule has 5 nitrogen and oxygen atoms in total. The van der Waals surface area contributed by atoms with Gasteiger partial charge in [-0.25, -0.2) is 9.97 Å². The predicted molar refractivity (Wildman–Crippen MR) is 139 cm³/mol. The molecule has 2 aromatic rings. The van der Waals surface area contributed by atoms with Crippen molar-refractivity contribution in [3.05, 3.63) is 49.0 Å². The summed E-state index contributed by atoms with van der Waals surface area (Å²) in [5, 5.41) is 11.2. The molecular formula is C20H33ClI2N4O. The summed E-state index contributed by atoms with van der Waals surface area (Å²) in [6.45, 7) is 14.6. The molecule has 8 heteroatoms. The van der Waals surface area contributed by atoms with Crippen LogP contribution in [0.25, 0.3) is 0 Å². The van der Waals surface area contributed by atoms with E-state index in [2.05, 4.69) is 105 Å². The molecule has 0 fully saturated rings. The molecule has 2 N–H and O–H groups in total. The highest BCUT2D eigenvalue weighted by Gasteiger charge is 2.00. The van der Waals surface area contributed by atoms with E-state index in [-0.39, 0.29) is 6.61 Å². The maximum Gasteiger partial charge on any atom is 0.129 e. The van der Waals surface area contributed by atoms with Crippen molar-refractivity contribution >= 4 is 62.6 Å². The number of rotatable bonds is 5. The third-order valence-electron chi connectivity index (χ3n) is 2.99. The first-order valence-electron chi connectivity index (χ1n) is 9.34. The van der Waals surface area contributed by atoms with Crippen LogP contribution in [0.15, 0.2) is 36.7 Å². The minimum atomic E-state index is 0.250. The van der Waals surface area contributed by atoms with Gasteiger partial charge < -0.3 is 15.3 Å². The Kier molecular flexibility index (Phi) is 23.0. The number of aliphatic hydroxyl groups is 1. The number of aliphatic hydroxyl groups excluding tert-OH is 1. The molecule has 0 aliphatic rings. The largest absolute Gasteiger partial charge is 0.397 e. The van der Waals surface area contributed by atoms with Crippen LogP contribution in [0.4, 0.5) is 5.82 Å². The normalized spacial score (nSPS) is 9.04. The molecule has 0 bridgehead atoms. The summed E-state index contributed by atoms with van der Waals surface area (Å²) in [5.74, 6) is 1.07. The zero-order valence-electron chi connectivity index (χ0n) is 17.4. The molecule has 2 rings (SSSR count). The van der Waals surface area contributed by atoms with Gasteiger partial charge >= 0.3 is 0 Å². The zero-order chi connectivity index (χ0) is 21.8. The van der Waals surface area contributed by atoms with Crippen molar-refractivity contribution in [3.8, 4) is 0 Å². The van der Waals surface area contributed by atoms with Crippen molar-refractivity contribution < 1.29 is 5.11 Å². The first-order chi connectivity index (χ1) is 13.4. The number of nitrogens with zero attached hydrogens (tertiary/aromatic N) is 3. The molecule has 0 saturated heterocycles. The summed E-state index contributed by atoms with van der Waals surface area (Å²) in [7, 11) is 0. The highest BCUT2D eigenvalue weighted by atomic mass is 127. The lowest BCUT2D eigenvalue weighted by Crippen LogP contribution is -2.22. The van der Waals surface area contributed by atoms with Crippen LogP contribution < -0.4 is 10.2 Å². The van der Waals surface area contributed by atoms with Gasteiger partial charge in [-0.1, -0.05) is 25.4 Å². The van der Waals surface area contributed by atoms with Crippen LogP contribution in [0.1, 0.15) is 34.6 Å².